The summed E-state index contributed by atoms with van der Waals surface area (Å²) in [7, 11) is 0. The minimum Gasteiger partial charge on any atom is -0.479 e. The van der Waals surface area contributed by atoms with E-state index >= 15 is 0 Å². The molecule has 1 atom stereocenters. The van der Waals surface area contributed by atoms with Crippen LogP contribution in [-0.4, -0.2) is 56.6 Å². The molecule has 216 valence electrons. The number of fused-ring (bicyclic) bond motifs is 8. The van der Waals surface area contributed by atoms with Gasteiger partial charge in [-0.2, -0.15) is 9.61 Å². The van der Waals surface area contributed by atoms with E-state index in [0.29, 0.717) is 43.2 Å². The third-order valence-corrected chi connectivity index (χ3v) is 7.85. The number of hydrogen-bond acceptors (Lipinski definition) is 7. The number of aromatic nitrogens is 3. The lowest BCUT2D eigenvalue weighted by molar-refractivity contribution is -0.160. The lowest BCUT2D eigenvalue weighted by atomic mass is 9.92. The first-order valence-corrected chi connectivity index (χ1v) is 14.4. The van der Waals surface area contributed by atoms with E-state index in [4.69, 9.17) is 24.3 Å². The van der Waals surface area contributed by atoms with Gasteiger partial charge in [-0.25, -0.2) is 9.78 Å². The molecule has 4 bridgehead atoms. The van der Waals surface area contributed by atoms with Gasteiger partial charge in [0.05, 0.1) is 35.7 Å². The Morgan fingerprint density at radius 3 is 2.55 bits per heavy atom. The number of aryl methyl sites for hydroxylation is 2. The SMILES string of the molecule is Cc1nc2cc3nn2c(c1[C@H](OC(C)(C)C)C(=O)O)N1CCC(C)(CC1)OCCCCc1ccccc1COC3. The summed E-state index contributed by atoms with van der Waals surface area (Å²) in [5.74, 6) is -0.326. The quantitative estimate of drug-likeness (QED) is 0.463. The zero-order valence-corrected chi connectivity index (χ0v) is 24.4. The highest BCUT2D eigenvalue weighted by atomic mass is 16.5. The van der Waals surface area contributed by atoms with Crippen LogP contribution in [0.25, 0.3) is 5.65 Å². The Morgan fingerprint density at radius 1 is 1.12 bits per heavy atom. The molecule has 0 aliphatic carbocycles. The Kier molecular flexibility index (Phi) is 8.17. The highest BCUT2D eigenvalue weighted by Gasteiger charge is 2.37. The van der Waals surface area contributed by atoms with E-state index in [9.17, 15) is 9.90 Å². The number of carboxylic acids is 1. The second-order valence-electron chi connectivity index (χ2n) is 12.3. The molecule has 3 aliphatic heterocycles. The van der Waals surface area contributed by atoms with Gasteiger partial charge in [0, 0.05) is 31.5 Å². The van der Waals surface area contributed by atoms with Crippen LogP contribution in [0.4, 0.5) is 5.82 Å². The number of rotatable bonds is 3. The van der Waals surface area contributed by atoms with Crippen molar-refractivity contribution in [3.63, 3.8) is 0 Å². The summed E-state index contributed by atoms with van der Waals surface area (Å²) < 4.78 is 20.5. The molecule has 5 heterocycles. The van der Waals surface area contributed by atoms with E-state index in [-0.39, 0.29) is 5.60 Å². The number of carbonyl (C=O) groups is 1. The normalized spacial score (nSPS) is 19.3. The van der Waals surface area contributed by atoms with Gasteiger partial charge in [-0.1, -0.05) is 24.3 Å². The molecule has 1 aromatic carbocycles. The van der Waals surface area contributed by atoms with E-state index in [2.05, 4.69) is 30.0 Å². The fourth-order valence-electron chi connectivity index (χ4n) is 5.71. The van der Waals surface area contributed by atoms with Crippen LogP contribution in [-0.2, 0) is 38.6 Å². The molecule has 6 rings (SSSR count). The molecule has 0 radical (unpaired) electrons. The third-order valence-electron chi connectivity index (χ3n) is 7.85. The maximum atomic E-state index is 12.6. The summed E-state index contributed by atoms with van der Waals surface area (Å²) in [6, 6.07) is 10.4. The van der Waals surface area contributed by atoms with Crippen LogP contribution in [0, 0.1) is 6.92 Å². The molecule has 1 N–H and O–H groups in total. The summed E-state index contributed by atoms with van der Waals surface area (Å²) in [4.78, 5) is 19.6. The number of carboxylic acid groups (broad SMARTS) is 1. The molecular weight excluding hydrogens is 508 g/mol. The molecule has 0 spiro atoms. The van der Waals surface area contributed by atoms with Gasteiger partial charge in [0.25, 0.3) is 0 Å². The average molecular weight is 551 g/mol. The van der Waals surface area contributed by atoms with E-state index in [0.717, 1.165) is 50.2 Å². The molecule has 40 heavy (non-hydrogen) atoms. The van der Waals surface area contributed by atoms with Crippen molar-refractivity contribution in [2.24, 2.45) is 0 Å². The summed E-state index contributed by atoms with van der Waals surface area (Å²) >= 11 is 0. The molecule has 0 saturated carbocycles. The maximum absolute atomic E-state index is 12.6. The van der Waals surface area contributed by atoms with Crippen LogP contribution >= 0.6 is 0 Å². The number of benzene rings is 1. The van der Waals surface area contributed by atoms with Crippen LogP contribution in [0.2, 0.25) is 0 Å². The molecular formula is C31H42N4O5. The van der Waals surface area contributed by atoms with Crippen molar-refractivity contribution in [1.29, 1.82) is 0 Å². The van der Waals surface area contributed by atoms with Gasteiger partial charge in [0.1, 0.15) is 5.82 Å². The second kappa shape index (κ2) is 11.5. The van der Waals surface area contributed by atoms with Crippen LogP contribution in [0.3, 0.4) is 0 Å². The van der Waals surface area contributed by atoms with Gasteiger partial charge in [0.2, 0.25) is 0 Å². The zero-order valence-electron chi connectivity index (χ0n) is 24.4. The molecule has 2 aromatic heterocycles. The highest BCUT2D eigenvalue weighted by Crippen LogP contribution is 2.37. The van der Waals surface area contributed by atoms with Crippen molar-refractivity contribution in [2.45, 2.75) is 97.2 Å². The molecule has 0 unspecified atom stereocenters. The Morgan fingerprint density at radius 2 is 1.85 bits per heavy atom. The molecule has 3 aromatic rings. The van der Waals surface area contributed by atoms with Crippen LogP contribution < -0.4 is 4.90 Å². The largest absolute Gasteiger partial charge is 0.479 e. The predicted molar refractivity (Wildman–Crippen MR) is 153 cm³/mol. The first-order chi connectivity index (χ1) is 19.0. The van der Waals surface area contributed by atoms with Gasteiger partial charge >= 0.3 is 5.97 Å². The fourth-order valence-corrected chi connectivity index (χ4v) is 5.71. The lowest BCUT2D eigenvalue weighted by Gasteiger charge is -2.41. The first-order valence-electron chi connectivity index (χ1n) is 14.4. The first kappa shape index (κ1) is 28.5. The Labute approximate surface area is 236 Å². The Bertz CT molecular complexity index is 1350. The topological polar surface area (TPSA) is 98.4 Å². The van der Waals surface area contributed by atoms with Crippen LogP contribution in [0.5, 0.6) is 0 Å². The monoisotopic (exact) mass is 550 g/mol. The molecule has 3 aliphatic rings. The van der Waals surface area contributed by atoms with Gasteiger partial charge < -0.3 is 24.2 Å². The second-order valence-corrected chi connectivity index (χ2v) is 12.3. The molecule has 9 heteroatoms. The number of hydrogen-bond donors (Lipinski definition) is 1. The van der Waals surface area contributed by atoms with E-state index in [1.165, 1.54) is 11.1 Å². The van der Waals surface area contributed by atoms with Crippen molar-refractivity contribution in [3.05, 3.63) is 58.4 Å². The number of ether oxygens (including phenoxy) is 3. The van der Waals surface area contributed by atoms with Gasteiger partial charge in [-0.05, 0) is 77.8 Å². The zero-order chi connectivity index (χ0) is 28.5. The number of aliphatic carboxylic acids is 1. The van der Waals surface area contributed by atoms with Crippen molar-refractivity contribution in [1.82, 2.24) is 14.6 Å². The lowest BCUT2D eigenvalue weighted by Crippen LogP contribution is -2.46. The van der Waals surface area contributed by atoms with Gasteiger partial charge in [-0.3, -0.25) is 0 Å². The fraction of sp³-hybridized carbons (Fsp3) is 0.581. The molecule has 0 amide bonds. The van der Waals surface area contributed by atoms with Crippen LogP contribution in [0.15, 0.2) is 30.3 Å². The van der Waals surface area contributed by atoms with E-state index in [1.807, 2.05) is 39.8 Å². The van der Waals surface area contributed by atoms with Crippen LogP contribution in [0.1, 0.15) is 87.6 Å². The van der Waals surface area contributed by atoms with Crippen molar-refractivity contribution >= 4 is 17.4 Å². The summed E-state index contributed by atoms with van der Waals surface area (Å²) in [6.07, 6.45) is 3.53. The average Bonchev–Trinajstić information content (AvgIpc) is 3.29. The standard InChI is InChI=1S/C31H42N4O5/c1-21-26(27(29(36)37)40-30(2,3)4)28-34-15-13-31(5,14-16-34)39-17-9-8-11-22-10-6-7-12-23(22)19-38-20-24-18-25(32-21)35(28)33-24/h6-7,10,12,18,27H,8-9,11,13-17,19-20H2,1-5H3,(H,36,37)/t27-/m0/s1. The van der Waals surface area contributed by atoms with Crippen molar-refractivity contribution < 1.29 is 24.1 Å². The highest BCUT2D eigenvalue weighted by molar-refractivity contribution is 5.78. The molecule has 1 saturated heterocycles. The molecule has 9 nitrogen and oxygen atoms in total. The number of piperidine rings is 1. The van der Waals surface area contributed by atoms with E-state index in [1.54, 1.807) is 4.52 Å². The summed E-state index contributed by atoms with van der Waals surface area (Å²) in [5.41, 5.74) is 4.18. The number of anilines is 1. The minimum atomic E-state index is -1.19. The molecule has 1 fully saturated rings. The predicted octanol–water partition coefficient (Wildman–Crippen LogP) is 5.41. The summed E-state index contributed by atoms with van der Waals surface area (Å²) in [6.45, 7) is 12.6. The Balaban J connectivity index is 1.58. The van der Waals surface area contributed by atoms with E-state index < -0.39 is 17.7 Å². The van der Waals surface area contributed by atoms with Crippen molar-refractivity contribution in [2.75, 3.05) is 24.6 Å². The summed E-state index contributed by atoms with van der Waals surface area (Å²) in [5, 5.41) is 15.2. The maximum Gasteiger partial charge on any atom is 0.337 e. The smallest absolute Gasteiger partial charge is 0.337 e. The van der Waals surface area contributed by atoms with Gasteiger partial charge in [-0.15, -0.1) is 0 Å². The minimum absolute atomic E-state index is 0.224. The van der Waals surface area contributed by atoms with Crippen molar-refractivity contribution in [3.8, 4) is 0 Å². The third kappa shape index (κ3) is 6.32. The Hall–Kier alpha value is -3.01. The van der Waals surface area contributed by atoms with Gasteiger partial charge in [0.15, 0.2) is 11.8 Å². The number of nitrogens with zero attached hydrogens (tertiary/aromatic N) is 4.